The number of carbonyl (C=O) groups is 3. The van der Waals surface area contributed by atoms with Gasteiger partial charge in [0.2, 0.25) is 0 Å². The standard InChI is InChI=1S/C18H25NO5S/c1-3-23-18(22)17-12(2)9-15(25-17)19-14(20)11-24-16(21)10-13-7-5-4-6-8-13/h9,13H,3-8,10-11H2,1-2H3,(H,19,20). The number of esters is 2. The van der Waals surface area contributed by atoms with Crippen LogP contribution in [0.5, 0.6) is 0 Å². The van der Waals surface area contributed by atoms with E-state index in [1.807, 2.05) is 0 Å². The molecule has 0 bridgehead atoms. The number of carbonyl (C=O) groups excluding carboxylic acids is 3. The van der Waals surface area contributed by atoms with Crippen molar-refractivity contribution in [2.75, 3.05) is 18.5 Å². The molecule has 0 spiro atoms. The SMILES string of the molecule is CCOC(=O)c1sc(NC(=O)COC(=O)CC2CCCCC2)cc1C. The van der Waals surface area contributed by atoms with Crippen LogP contribution in [-0.4, -0.2) is 31.1 Å². The van der Waals surface area contributed by atoms with Gasteiger partial charge >= 0.3 is 11.9 Å². The Labute approximate surface area is 151 Å². The number of nitrogens with one attached hydrogen (secondary N) is 1. The van der Waals surface area contributed by atoms with Crippen LogP contribution in [0.25, 0.3) is 0 Å². The third-order valence-electron chi connectivity index (χ3n) is 4.19. The van der Waals surface area contributed by atoms with Crippen molar-refractivity contribution >= 4 is 34.2 Å². The molecule has 0 saturated heterocycles. The summed E-state index contributed by atoms with van der Waals surface area (Å²) in [4.78, 5) is 36.0. The van der Waals surface area contributed by atoms with Crippen molar-refractivity contribution in [3.63, 3.8) is 0 Å². The van der Waals surface area contributed by atoms with Crippen molar-refractivity contribution in [2.45, 2.75) is 52.4 Å². The Bertz CT molecular complexity index is 619. The molecule has 1 aromatic heterocycles. The maximum absolute atomic E-state index is 11.9. The molecule has 25 heavy (non-hydrogen) atoms. The molecule has 1 fully saturated rings. The Hall–Kier alpha value is -1.89. The average Bonchev–Trinajstić information content (AvgIpc) is 2.94. The molecule has 0 atom stereocenters. The van der Waals surface area contributed by atoms with Crippen LogP contribution in [0.4, 0.5) is 5.00 Å². The average molecular weight is 367 g/mol. The van der Waals surface area contributed by atoms with Gasteiger partial charge in [-0.1, -0.05) is 19.3 Å². The molecule has 138 valence electrons. The first-order chi connectivity index (χ1) is 12.0. The zero-order valence-electron chi connectivity index (χ0n) is 14.8. The van der Waals surface area contributed by atoms with Crippen molar-refractivity contribution in [3.8, 4) is 0 Å². The molecule has 0 unspecified atom stereocenters. The summed E-state index contributed by atoms with van der Waals surface area (Å²) in [6.07, 6.45) is 6.08. The molecular weight excluding hydrogens is 342 g/mol. The lowest BCUT2D eigenvalue weighted by Crippen LogP contribution is -2.22. The van der Waals surface area contributed by atoms with Crippen molar-refractivity contribution in [3.05, 3.63) is 16.5 Å². The number of anilines is 1. The summed E-state index contributed by atoms with van der Waals surface area (Å²) in [6.45, 7) is 3.51. The lowest BCUT2D eigenvalue weighted by molar-refractivity contribution is -0.148. The van der Waals surface area contributed by atoms with Crippen LogP contribution in [0.15, 0.2) is 6.07 Å². The molecule has 1 amide bonds. The van der Waals surface area contributed by atoms with Crippen LogP contribution in [0.3, 0.4) is 0 Å². The predicted octanol–water partition coefficient (Wildman–Crippen LogP) is 3.69. The fraction of sp³-hybridized carbons (Fsp3) is 0.611. The molecule has 1 heterocycles. The summed E-state index contributed by atoms with van der Waals surface area (Å²) in [5.41, 5.74) is 0.744. The van der Waals surface area contributed by atoms with Gasteiger partial charge in [-0.15, -0.1) is 11.3 Å². The maximum atomic E-state index is 11.9. The molecule has 1 aromatic rings. The quantitative estimate of drug-likeness (QED) is 0.743. The Morgan fingerprint density at radius 1 is 1.20 bits per heavy atom. The van der Waals surface area contributed by atoms with Gasteiger partial charge in [-0.2, -0.15) is 0 Å². The summed E-state index contributed by atoms with van der Waals surface area (Å²) < 4.78 is 10.0. The lowest BCUT2D eigenvalue weighted by Gasteiger charge is -2.20. The third kappa shape index (κ3) is 6.16. The Kier molecular flexibility index (Phi) is 7.43. The van der Waals surface area contributed by atoms with E-state index in [0.717, 1.165) is 29.7 Å². The first kappa shape index (κ1) is 19.4. The molecule has 2 rings (SSSR count). The van der Waals surface area contributed by atoms with Crippen LogP contribution in [-0.2, 0) is 19.1 Å². The molecule has 0 radical (unpaired) electrons. The van der Waals surface area contributed by atoms with E-state index < -0.39 is 11.9 Å². The van der Waals surface area contributed by atoms with Crippen molar-refractivity contribution in [1.82, 2.24) is 0 Å². The second-order valence-corrected chi connectivity index (χ2v) is 7.31. The van der Waals surface area contributed by atoms with Gasteiger partial charge in [0.25, 0.3) is 5.91 Å². The van der Waals surface area contributed by atoms with Gasteiger partial charge in [0.05, 0.1) is 11.6 Å². The fourth-order valence-corrected chi connectivity index (χ4v) is 3.93. The normalized spacial score (nSPS) is 14.8. The van der Waals surface area contributed by atoms with E-state index in [-0.39, 0.29) is 12.6 Å². The van der Waals surface area contributed by atoms with Gasteiger partial charge < -0.3 is 14.8 Å². The van der Waals surface area contributed by atoms with Gasteiger partial charge in [-0.25, -0.2) is 4.79 Å². The van der Waals surface area contributed by atoms with Crippen molar-refractivity contribution in [2.24, 2.45) is 5.92 Å². The largest absolute Gasteiger partial charge is 0.462 e. The van der Waals surface area contributed by atoms with E-state index in [0.29, 0.717) is 28.8 Å². The van der Waals surface area contributed by atoms with Crippen LogP contribution in [0, 0.1) is 12.8 Å². The number of rotatable bonds is 7. The van der Waals surface area contributed by atoms with Gasteiger partial charge in [0.1, 0.15) is 4.88 Å². The van der Waals surface area contributed by atoms with E-state index in [1.54, 1.807) is 19.9 Å². The van der Waals surface area contributed by atoms with Crippen LogP contribution in [0.1, 0.15) is 60.7 Å². The highest BCUT2D eigenvalue weighted by atomic mass is 32.1. The topological polar surface area (TPSA) is 81.7 Å². The van der Waals surface area contributed by atoms with E-state index in [4.69, 9.17) is 9.47 Å². The summed E-state index contributed by atoms with van der Waals surface area (Å²) >= 11 is 1.15. The molecular formula is C18H25NO5S. The number of aryl methyl sites for hydroxylation is 1. The molecule has 0 aliphatic heterocycles. The van der Waals surface area contributed by atoms with Gasteiger partial charge in [0, 0.05) is 6.42 Å². The highest BCUT2D eigenvalue weighted by molar-refractivity contribution is 7.18. The molecule has 0 aromatic carbocycles. The van der Waals surface area contributed by atoms with E-state index in [9.17, 15) is 14.4 Å². The van der Waals surface area contributed by atoms with Gasteiger partial charge in [-0.05, 0) is 44.2 Å². The second-order valence-electron chi connectivity index (χ2n) is 6.26. The van der Waals surface area contributed by atoms with Crippen molar-refractivity contribution < 1.29 is 23.9 Å². The van der Waals surface area contributed by atoms with E-state index in [2.05, 4.69) is 5.32 Å². The van der Waals surface area contributed by atoms with Crippen LogP contribution >= 0.6 is 11.3 Å². The highest BCUT2D eigenvalue weighted by Gasteiger charge is 2.19. The third-order valence-corrected chi connectivity index (χ3v) is 5.32. The first-order valence-electron chi connectivity index (χ1n) is 8.72. The Morgan fingerprint density at radius 3 is 2.60 bits per heavy atom. The second kappa shape index (κ2) is 9.56. The Morgan fingerprint density at radius 2 is 1.92 bits per heavy atom. The first-order valence-corrected chi connectivity index (χ1v) is 9.54. The minimum atomic E-state index is -0.409. The minimum Gasteiger partial charge on any atom is -0.462 e. The van der Waals surface area contributed by atoms with Crippen LogP contribution in [0.2, 0.25) is 0 Å². The molecule has 1 aliphatic carbocycles. The smallest absolute Gasteiger partial charge is 0.348 e. The number of hydrogen-bond acceptors (Lipinski definition) is 6. The van der Waals surface area contributed by atoms with Gasteiger partial charge in [-0.3, -0.25) is 9.59 Å². The lowest BCUT2D eigenvalue weighted by atomic mass is 9.87. The number of thiophene rings is 1. The monoisotopic (exact) mass is 367 g/mol. The number of amides is 1. The van der Waals surface area contributed by atoms with Crippen LogP contribution < -0.4 is 5.32 Å². The zero-order valence-corrected chi connectivity index (χ0v) is 15.6. The molecule has 1 N–H and O–H groups in total. The Balaban J connectivity index is 1.77. The molecule has 1 saturated carbocycles. The summed E-state index contributed by atoms with van der Waals surface area (Å²) in [7, 11) is 0. The molecule has 7 heteroatoms. The molecule has 6 nitrogen and oxygen atoms in total. The number of hydrogen-bond donors (Lipinski definition) is 1. The number of ether oxygens (including phenoxy) is 2. The van der Waals surface area contributed by atoms with Gasteiger partial charge in [0.15, 0.2) is 6.61 Å². The highest BCUT2D eigenvalue weighted by Crippen LogP contribution is 2.28. The fourth-order valence-electron chi connectivity index (χ4n) is 2.95. The minimum absolute atomic E-state index is 0.300. The predicted molar refractivity (Wildman–Crippen MR) is 95.8 cm³/mol. The molecule has 1 aliphatic rings. The van der Waals surface area contributed by atoms with E-state index in [1.165, 1.54) is 19.3 Å². The maximum Gasteiger partial charge on any atom is 0.348 e. The summed E-state index contributed by atoms with van der Waals surface area (Å²) in [6, 6.07) is 1.71. The van der Waals surface area contributed by atoms with E-state index >= 15 is 0 Å². The van der Waals surface area contributed by atoms with Crippen molar-refractivity contribution in [1.29, 1.82) is 0 Å². The summed E-state index contributed by atoms with van der Waals surface area (Å²) in [5, 5.41) is 3.19. The zero-order chi connectivity index (χ0) is 18.2. The summed E-state index contributed by atoms with van der Waals surface area (Å²) in [5.74, 6) is -0.744.